The molecule has 0 bridgehead atoms. The standard InChI is InChI=1S/C20H16BCl2NO2/c1-10-18-15(20(25)26-10)6-5-14(13-4-3-12(22)8-16(13)23)19(18)17-7-2-11(21)9-24-17/h2-10,14-15,18-19H,1H3. The monoisotopic (exact) mass is 383 g/mol. The van der Waals surface area contributed by atoms with Gasteiger partial charge in [0.25, 0.3) is 0 Å². The van der Waals surface area contributed by atoms with Crippen molar-refractivity contribution in [2.24, 2.45) is 11.8 Å². The molecule has 5 unspecified atom stereocenters. The van der Waals surface area contributed by atoms with E-state index in [4.69, 9.17) is 35.8 Å². The lowest BCUT2D eigenvalue weighted by Crippen LogP contribution is -2.33. The van der Waals surface area contributed by atoms with E-state index in [1.807, 2.05) is 43.3 Å². The molecule has 1 aromatic carbocycles. The minimum atomic E-state index is -0.267. The van der Waals surface area contributed by atoms with E-state index in [0.29, 0.717) is 15.5 Å². The zero-order valence-corrected chi connectivity index (χ0v) is 15.6. The number of cyclic esters (lactones) is 1. The van der Waals surface area contributed by atoms with Gasteiger partial charge in [-0.2, -0.15) is 0 Å². The molecule has 0 amide bonds. The van der Waals surface area contributed by atoms with E-state index in [1.165, 1.54) is 0 Å². The minimum Gasteiger partial charge on any atom is -0.462 e. The van der Waals surface area contributed by atoms with Crippen molar-refractivity contribution in [3.05, 3.63) is 70.0 Å². The number of halogens is 2. The Morgan fingerprint density at radius 1 is 1.12 bits per heavy atom. The average molecular weight is 384 g/mol. The number of hydrogen-bond acceptors (Lipinski definition) is 3. The van der Waals surface area contributed by atoms with E-state index < -0.39 is 0 Å². The van der Waals surface area contributed by atoms with Gasteiger partial charge in [0.1, 0.15) is 14.0 Å². The first-order chi connectivity index (χ1) is 12.5. The zero-order valence-electron chi connectivity index (χ0n) is 14.1. The maximum absolute atomic E-state index is 12.2. The van der Waals surface area contributed by atoms with Gasteiger partial charge in [0.2, 0.25) is 0 Å². The Morgan fingerprint density at radius 2 is 1.88 bits per heavy atom. The summed E-state index contributed by atoms with van der Waals surface area (Å²) in [6, 6.07) is 9.26. The molecule has 0 N–H and O–H groups in total. The van der Waals surface area contributed by atoms with Crippen molar-refractivity contribution in [2.75, 3.05) is 0 Å². The molecule has 1 saturated heterocycles. The largest absolute Gasteiger partial charge is 0.462 e. The topological polar surface area (TPSA) is 39.2 Å². The Kier molecular flexibility index (Phi) is 4.58. The van der Waals surface area contributed by atoms with Crippen LogP contribution in [0, 0.1) is 11.8 Å². The van der Waals surface area contributed by atoms with Crippen LogP contribution in [0.3, 0.4) is 0 Å². The molecule has 1 aliphatic carbocycles. The SMILES string of the molecule is [B]c1ccc(C2C(c3ccc(Cl)cc3Cl)C=CC3C(=O)OC(C)C32)nc1. The van der Waals surface area contributed by atoms with E-state index in [2.05, 4.69) is 4.98 Å². The summed E-state index contributed by atoms with van der Waals surface area (Å²) in [7, 11) is 5.81. The zero-order chi connectivity index (χ0) is 18.4. The van der Waals surface area contributed by atoms with Gasteiger partial charge < -0.3 is 4.74 Å². The van der Waals surface area contributed by atoms with Crippen LogP contribution in [0.25, 0.3) is 0 Å². The molecule has 6 heteroatoms. The van der Waals surface area contributed by atoms with Crippen LogP contribution < -0.4 is 5.46 Å². The molecule has 2 heterocycles. The highest BCUT2D eigenvalue weighted by molar-refractivity contribution is 6.35. The number of hydrogen-bond donors (Lipinski definition) is 0. The second-order valence-electron chi connectivity index (χ2n) is 6.86. The maximum Gasteiger partial charge on any atom is 0.313 e. The third kappa shape index (κ3) is 2.95. The number of aromatic nitrogens is 1. The highest BCUT2D eigenvalue weighted by Gasteiger charge is 2.50. The molecule has 26 heavy (non-hydrogen) atoms. The molecule has 5 atom stereocenters. The molecule has 3 nitrogen and oxygen atoms in total. The van der Waals surface area contributed by atoms with Crippen molar-refractivity contribution >= 4 is 42.5 Å². The van der Waals surface area contributed by atoms with Gasteiger partial charge in [-0.3, -0.25) is 9.78 Å². The summed E-state index contributed by atoms with van der Waals surface area (Å²) in [4.78, 5) is 16.8. The van der Waals surface area contributed by atoms with E-state index in [0.717, 1.165) is 11.3 Å². The van der Waals surface area contributed by atoms with Crippen molar-refractivity contribution in [1.29, 1.82) is 0 Å². The predicted octanol–water partition coefficient (Wildman–Crippen LogP) is 3.80. The number of benzene rings is 1. The molecule has 130 valence electrons. The molecule has 1 aliphatic heterocycles. The number of pyridine rings is 1. The molecule has 0 saturated carbocycles. The van der Waals surface area contributed by atoms with Gasteiger partial charge in [0, 0.05) is 39.7 Å². The molecule has 0 spiro atoms. The number of esters is 1. The molecular weight excluding hydrogens is 368 g/mol. The Bertz CT molecular complexity index is 884. The third-order valence-electron chi connectivity index (χ3n) is 5.33. The van der Waals surface area contributed by atoms with Crippen molar-refractivity contribution in [3.63, 3.8) is 0 Å². The first-order valence-electron chi connectivity index (χ1n) is 8.51. The summed E-state index contributed by atoms with van der Waals surface area (Å²) in [5.41, 5.74) is 2.44. The van der Waals surface area contributed by atoms with Crippen LogP contribution in [-0.4, -0.2) is 24.9 Å². The lowest BCUT2D eigenvalue weighted by atomic mass is 9.66. The van der Waals surface area contributed by atoms with Crippen LogP contribution in [-0.2, 0) is 9.53 Å². The summed E-state index contributed by atoms with van der Waals surface area (Å²) in [6.45, 7) is 1.94. The highest BCUT2D eigenvalue weighted by Crippen LogP contribution is 2.51. The van der Waals surface area contributed by atoms with Crippen LogP contribution in [0.4, 0.5) is 0 Å². The summed E-state index contributed by atoms with van der Waals surface area (Å²) >= 11 is 12.6. The van der Waals surface area contributed by atoms with Crippen LogP contribution in [0.15, 0.2) is 48.7 Å². The fourth-order valence-corrected chi connectivity index (χ4v) is 4.71. The summed E-state index contributed by atoms with van der Waals surface area (Å²) in [5, 5.41) is 1.19. The number of fused-ring (bicyclic) bond motifs is 1. The Hall–Kier alpha value is -1.78. The lowest BCUT2D eigenvalue weighted by molar-refractivity contribution is -0.142. The second kappa shape index (κ2) is 6.75. The molecular formula is C20H16BCl2NO2. The number of ether oxygens (including phenoxy) is 1. The molecule has 2 aliphatic rings. The van der Waals surface area contributed by atoms with Gasteiger partial charge in [-0.05, 0) is 30.7 Å². The van der Waals surface area contributed by atoms with E-state index in [-0.39, 0.29) is 35.7 Å². The van der Waals surface area contributed by atoms with Gasteiger partial charge in [-0.1, -0.05) is 52.9 Å². The summed E-state index contributed by atoms with van der Waals surface area (Å²) < 4.78 is 5.52. The highest BCUT2D eigenvalue weighted by atomic mass is 35.5. The quantitative estimate of drug-likeness (QED) is 0.449. The second-order valence-corrected chi connectivity index (χ2v) is 7.71. The first-order valence-corrected chi connectivity index (χ1v) is 9.26. The number of nitrogens with zero attached hydrogens (tertiary/aromatic N) is 1. The normalized spacial score (nSPS) is 30.1. The van der Waals surface area contributed by atoms with Gasteiger partial charge in [0.15, 0.2) is 0 Å². The van der Waals surface area contributed by atoms with Gasteiger partial charge in [-0.15, -0.1) is 0 Å². The fraction of sp³-hybridized carbons (Fsp3) is 0.300. The van der Waals surface area contributed by atoms with Crippen LogP contribution in [0.5, 0.6) is 0 Å². The first kappa shape index (κ1) is 17.6. The van der Waals surface area contributed by atoms with Crippen molar-refractivity contribution in [2.45, 2.75) is 24.9 Å². The van der Waals surface area contributed by atoms with E-state index in [9.17, 15) is 4.79 Å². The lowest BCUT2D eigenvalue weighted by Gasteiger charge is -2.36. The number of carbonyl (C=O) groups is 1. The fourth-order valence-electron chi connectivity index (χ4n) is 4.17. The maximum atomic E-state index is 12.2. The Labute approximate surface area is 163 Å². The van der Waals surface area contributed by atoms with Crippen molar-refractivity contribution in [3.8, 4) is 0 Å². The van der Waals surface area contributed by atoms with Crippen LogP contribution in [0.2, 0.25) is 10.0 Å². The third-order valence-corrected chi connectivity index (χ3v) is 5.89. The Morgan fingerprint density at radius 3 is 2.58 bits per heavy atom. The van der Waals surface area contributed by atoms with Crippen LogP contribution in [0.1, 0.15) is 30.0 Å². The number of carbonyl (C=O) groups excluding carboxylic acids is 1. The summed E-state index contributed by atoms with van der Waals surface area (Å²) in [5.74, 6) is -0.545. The molecule has 1 aromatic heterocycles. The van der Waals surface area contributed by atoms with Crippen LogP contribution >= 0.6 is 23.2 Å². The van der Waals surface area contributed by atoms with Gasteiger partial charge in [-0.25, -0.2) is 0 Å². The number of rotatable bonds is 2. The predicted molar refractivity (Wildman–Crippen MR) is 103 cm³/mol. The number of allylic oxidation sites excluding steroid dienone is 1. The minimum absolute atomic E-state index is 0.0135. The molecule has 2 radical (unpaired) electrons. The van der Waals surface area contributed by atoms with E-state index in [1.54, 1.807) is 12.3 Å². The molecule has 2 aromatic rings. The van der Waals surface area contributed by atoms with E-state index >= 15 is 0 Å². The van der Waals surface area contributed by atoms with Crippen molar-refractivity contribution < 1.29 is 9.53 Å². The Balaban J connectivity index is 1.85. The summed E-state index contributed by atoms with van der Waals surface area (Å²) in [6.07, 6.45) is 5.43. The van der Waals surface area contributed by atoms with Crippen molar-refractivity contribution in [1.82, 2.24) is 4.98 Å². The average Bonchev–Trinajstić information content (AvgIpc) is 2.90. The van der Waals surface area contributed by atoms with Gasteiger partial charge in [0.05, 0.1) is 5.92 Å². The molecule has 1 fully saturated rings. The smallest absolute Gasteiger partial charge is 0.313 e. The van der Waals surface area contributed by atoms with Gasteiger partial charge >= 0.3 is 5.97 Å². The molecule has 4 rings (SSSR count).